The van der Waals surface area contributed by atoms with E-state index in [0.717, 1.165) is 0 Å². The summed E-state index contributed by atoms with van der Waals surface area (Å²) in [6.07, 6.45) is -6.14. The third-order valence-electron chi connectivity index (χ3n) is 2.56. The first kappa shape index (κ1) is 15.8. The van der Waals surface area contributed by atoms with Crippen molar-refractivity contribution in [2.45, 2.75) is 25.2 Å². The second-order valence-electron chi connectivity index (χ2n) is 4.46. The van der Waals surface area contributed by atoms with Gasteiger partial charge in [-0.05, 0) is 14.1 Å². The van der Waals surface area contributed by atoms with E-state index in [1.807, 2.05) is 19.0 Å². The van der Waals surface area contributed by atoms with Gasteiger partial charge in [-0.1, -0.05) is 0 Å². The van der Waals surface area contributed by atoms with Gasteiger partial charge in [0.15, 0.2) is 5.75 Å². The van der Waals surface area contributed by atoms with Crippen LogP contribution in [0.4, 0.5) is 13.2 Å². The highest BCUT2D eigenvalue weighted by molar-refractivity contribution is 5.27. The molecule has 0 amide bonds. The average molecular weight is 281 g/mol. The number of halogens is 3. The summed E-state index contributed by atoms with van der Waals surface area (Å²) in [4.78, 5) is 1.87. The maximum absolute atomic E-state index is 12.3. The largest absolute Gasteiger partial charge is 0.493 e. The van der Waals surface area contributed by atoms with Crippen LogP contribution in [0.5, 0.6) is 5.75 Å². The molecule has 0 aliphatic carbocycles. The summed E-state index contributed by atoms with van der Waals surface area (Å²) < 4.78 is 43.3. The van der Waals surface area contributed by atoms with Gasteiger partial charge >= 0.3 is 6.18 Å². The molecule has 0 saturated heterocycles. The number of aliphatic hydroxyl groups is 1. The van der Waals surface area contributed by atoms with Gasteiger partial charge in [-0.3, -0.25) is 4.68 Å². The highest BCUT2D eigenvalue weighted by atomic mass is 19.4. The van der Waals surface area contributed by atoms with E-state index in [1.54, 1.807) is 0 Å². The van der Waals surface area contributed by atoms with Crippen molar-refractivity contribution < 1.29 is 23.0 Å². The first-order valence-corrected chi connectivity index (χ1v) is 5.74. The van der Waals surface area contributed by atoms with Gasteiger partial charge in [-0.15, -0.1) is 0 Å². The molecule has 1 atom stereocenters. The molecule has 1 unspecified atom stereocenters. The topological polar surface area (TPSA) is 50.5 Å². The van der Waals surface area contributed by atoms with Gasteiger partial charge in [0.1, 0.15) is 11.8 Å². The monoisotopic (exact) mass is 281 g/mol. The van der Waals surface area contributed by atoms with E-state index < -0.39 is 18.7 Å². The lowest BCUT2D eigenvalue weighted by molar-refractivity contribution is -0.155. The Bertz CT molecular complexity index is 404. The fourth-order valence-corrected chi connectivity index (χ4v) is 1.66. The number of ether oxygens (including phenoxy) is 1. The first-order chi connectivity index (χ1) is 8.74. The number of rotatable bonds is 6. The van der Waals surface area contributed by atoms with Gasteiger partial charge in [0.05, 0.1) is 26.3 Å². The summed E-state index contributed by atoms with van der Waals surface area (Å²) in [5.41, 5.74) is 0.0571. The van der Waals surface area contributed by atoms with E-state index >= 15 is 0 Å². The zero-order valence-electron chi connectivity index (χ0n) is 11.1. The van der Waals surface area contributed by atoms with E-state index in [9.17, 15) is 18.3 Å². The Balaban J connectivity index is 2.92. The number of aliphatic hydroxyl groups excluding tert-OH is 1. The van der Waals surface area contributed by atoms with Crippen molar-refractivity contribution in [3.8, 4) is 5.75 Å². The average Bonchev–Trinajstić information content (AvgIpc) is 2.66. The molecule has 0 radical (unpaired) electrons. The summed E-state index contributed by atoms with van der Waals surface area (Å²) >= 11 is 0. The minimum Gasteiger partial charge on any atom is -0.493 e. The van der Waals surface area contributed by atoms with Crippen molar-refractivity contribution in [2.75, 3.05) is 27.7 Å². The van der Waals surface area contributed by atoms with Gasteiger partial charge in [-0.2, -0.15) is 18.3 Å². The van der Waals surface area contributed by atoms with E-state index in [-0.39, 0.29) is 11.4 Å². The minimum absolute atomic E-state index is 0.0571. The van der Waals surface area contributed by atoms with E-state index in [1.165, 1.54) is 18.0 Å². The fraction of sp³-hybridized carbons (Fsp3) is 0.727. The molecule has 0 spiro atoms. The van der Waals surface area contributed by atoms with Crippen molar-refractivity contribution >= 4 is 0 Å². The second-order valence-corrected chi connectivity index (χ2v) is 4.46. The highest BCUT2D eigenvalue weighted by Crippen LogP contribution is 2.33. The number of alkyl halides is 3. The standard InChI is InChI=1S/C11H18F3N3O2/c1-16(2)4-5-17-10(9(19-3)7-15-17)8(18)6-11(12,13)14/h7-8,18H,4-6H2,1-3H3. The zero-order valence-corrected chi connectivity index (χ0v) is 11.1. The van der Waals surface area contributed by atoms with Crippen LogP contribution < -0.4 is 4.74 Å². The van der Waals surface area contributed by atoms with Crippen LogP contribution in [0.1, 0.15) is 18.2 Å². The molecule has 110 valence electrons. The third kappa shape index (κ3) is 4.71. The van der Waals surface area contributed by atoms with Crippen molar-refractivity contribution in [3.63, 3.8) is 0 Å². The van der Waals surface area contributed by atoms with Crippen LogP contribution in [0, 0.1) is 0 Å². The van der Waals surface area contributed by atoms with Gasteiger partial charge in [0.2, 0.25) is 0 Å². The SMILES string of the molecule is COc1cnn(CCN(C)C)c1C(O)CC(F)(F)F. The van der Waals surface area contributed by atoms with Crippen molar-refractivity contribution in [1.29, 1.82) is 0 Å². The Morgan fingerprint density at radius 1 is 1.47 bits per heavy atom. The lowest BCUT2D eigenvalue weighted by atomic mass is 10.1. The normalized spacial score (nSPS) is 13.9. The maximum atomic E-state index is 12.3. The maximum Gasteiger partial charge on any atom is 0.391 e. The van der Waals surface area contributed by atoms with Crippen molar-refractivity contribution in [2.24, 2.45) is 0 Å². The Hall–Kier alpha value is -1.28. The van der Waals surface area contributed by atoms with E-state index in [0.29, 0.717) is 13.1 Å². The quantitative estimate of drug-likeness (QED) is 0.857. The molecular weight excluding hydrogens is 263 g/mol. The third-order valence-corrected chi connectivity index (χ3v) is 2.56. The molecule has 8 heteroatoms. The summed E-state index contributed by atoms with van der Waals surface area (Å²) in [5.74, 6) is 0.163. The highest BCUT2D eigenvalue weighted by Gasteiger charge is 2.34. The number of hydrogen-bond donors (Lipinski definition) is 1. The second kappa shape index (κ2) is 6.25. The lowest BCUT2D eigenvalue weighted by Gasteiger charge is -2.17. The zero-order chi connectivity index (χ0) is 14.6. The Morgan fingerprint density at radius 3 is 2.58 bits per heavy atom. The number of methoxy groups -OCH3 is 1. The van der Waals surface area contributed by atoms with Crippen molar-refractivity contribution in [1.82, 2.24) is 14.7 Å². The van der Waals surface area contributed by atoms with Crippen LogP contribution in [0.2, 0.25) is 0 Å². The lowest BCUT2D eigenvalue weighted by Crippen LogP contribution is -2.22. The minimum atomic E-state index is -4.44. The van der Waals surface area contributed by atoms with E-state index in [2.05, 4.69) is 5.10 Å². The molecule has 0 aromatic carbocycles. The molecule has 5 nitrogen and oxygen atoms in total. The smallest absolute Gasteiger partial charge is 0.391 e. The summed E-state index contributed by atoms with van der Waals surface area (Å²) in [6, 6.07) is 0. The fourth-order valence-electron chi connectivity index (χ4n) is 1.66. The molecule has 0 aliphatic rings. The Kier molecular flexibility index (Phi) is 5.19. The summed E-state index contributed by atoms with van der Waals surface area (Å²) in [7, 11) is 5.01. The van der Waals surface area contributed by atoms with E-state index in [4.69, 9.17) is 4.74 Å². The van der Waals surface area contributed by atoms with Crippen LogP contribution in [0.25, 0.3) is 0 Å². The van der Waals surface area contributed by atoms with Crippen LogP contribution >= 0.6 is 0 Å². The molecule has 1 N–H and O–H groups in total. The Labute approximate surface area is 109 Å². The predicted octanol–water partition coefficient (Wildman–Crippen LogP) is 1.44. The summed E-state index contributed by atoms with van der Waals surface area (Å²) in [6.45, 7) is 0.969. The number of nitrogens with zero attached hydrogens (tertiary/aromatic N) is 3. The molecule has 0 bridgehead atoms. The molecule has 1 aromatic rings. The van der Waals surface area contributed by atoms with Gasteiger partial charge < -0.3 is 14.7 Å². The van der Waals surface area contributed by atoms with Crippen molar-refractivity contribution in [3.05, 3.63) is 11.9 Å². The van der Waals surface area contributed by atoms with Crippen LogP contribution in [0.15, 0.2) is 6.20 Å². The molecule has 0 fully saturated rings. The van der Waals surface area contributed by atoms with Crippen LogP contribution in [-0.2, 0) is 6.54 Å². The van der Waals surface area contributed by atoms with Crippen LogP contribution in [0.3, 0.4) is 0 Å². The van der Waals surface area contributed by atoms with Gasteiger partial charge in [-0.25, -0.2) is 0 Å². The molecule has 1 heterocycles. The van der Waals surface area contributed by atoms with Gasteiger partial charge in [0, 0.05) is 6.54 Å². The Morgan fingerprint density at radius 2 is 2.11 bits per heavy atom. The molecular formula is C11H18F3N3O2. The molecule has 0 saturated carbocycles. The van der Waals surface area contributed by atoms with Crippen LogP contribution in [-0.4, -0.2) is 53.7 Å². The first-order valence-electron chi connectivity index (χ1n) is 5.74. The molecule has 1 aromatic heterocycles. The number of aromatic nitrogens is 2. The number of likely N-dealkylation sites (N-methyl/N-ethyl adjacent to an activating group) is 1. The predicted molar refractivity (Wildman–Crippen MR) is 63.0 cm³/mol. The molecule has 1 rings (SSSR count). The summed E-state index contributed by atoms with van der Waals surface area (Å²) in [5, 5.41) is 13.7. The molecule has 19 heavy (non-hydrogen) atoms. The molecule has 0 aliphatic heterocycles. The number of hydrogen-bond acceptors (Lipinski definition) is 4. The van der Waals surface area contributed by atoms with Gasteiger partial charge in [0.25, 0.3) is 0 Å².